The molecule has 1 aromatic carbocycles. The summed E-state index contributed by atoms with van der Waals surface area (Å²) >= 11 is 0. The van der Waals surface area contributed by atoms with Gasteiger partial charge in [-0.3, -0.25) is 4.79 Å². The topological polar surface area (TPSA) is 64.4 Å². The molecule has 0 spiro atoms. The maximum atomic E-state index is 12.4. The summed E-state index contributed by atoms with van der Waals surface area (Å²) in [6.07, 6.45) is 4.46. The smallest absolute Gasteiger partial charge is 0.387 e. The molecule has 1 unspecified atom stereocenters. The van der Waals surface area contributed by atoms with E-state index in [1.807, 2.05) is 6.92 Å². The van der Waals surface area contributed by atoms with Crippen LogP contribution in [0.2, 0.25) is 0 Å². The first-order valence-electron chi connectivity index (χ1n) is 7.55. The van der Waals surface area contributed by atoms with Crippen LogP contribution in [-0.4, -0.2) is 18.1 Å². The molecule has 4 nitrogen and oxygen atoms in total. The molecule has 0 aliphatic heterocycles. The number of benzene rings is 1. The van der Waals surface area contributed by atoms with Crippen LogP contribution >= 0.6 is 12.4 Å². The highest BCUT2D eigenvalue weighted by molar-refractivity contribution is 5.86. The second-order valence-corrected chi connectivity index (χ2v) is 5.86. The Labute approximate surface area is 141 Å². The first kappa shape index (κ1) is 19.6. The Morgan fingerprint density at radius 1 is 1.22 bits per heavy atom. The average Bonchev–Trinajstić information content (AvgIpc) is 2.48. The van der Waals surface area contributed by atoms with Crippen molar-refractivity contribution >= 4 is 18.3 Å². The zero-order valence-electron chi connectivity index (χ0n) is 13.1. The van der Waals surface area contributed by atoms with Gasteiger partial charge in [-0.1, -0.05) is 31.4 Å². The van der Waals surface area contributed by atoms with Crippen LogP contribution in [0.25, 0.3) is 0 Å². The monoisotopic (exact) mass is 348 g/mol. The lowest BCUT2D eigenvalue weighted by Gasteiger charge is -2.33. The summed E-state index contributed by atoms with van der Waals surface area (Å²) in [7, 11) is 0. The number of hydrogen-bond donors (Lipinski definition) is 2. The summed E-state index contributed by atoms with van der Waals surface area (Å²) < 4.78 is 28.5. The largest absolute Gasteiger partial charge is 0.435 e. The highest BCUT2D eigenvalue weighted by Crippen LogP contribution is 2.27. The van der Waals surface area contributed by atoms with Crippen molar-refractivity contribution < 1.29 is 18.3 Å². The van der Waals surface area contributed by atoms with Gasteiger partial charge in [-0.25, -0.2) is 0 Å². The lowest BCUT2D eigenvalue weighted by Crippen LogP contribution is -2.55. The van der Waals surface area contributed by atoms with Gasteiger partial charge < -0.3 is 15.8 Å². The van der Waals surface area contributed by atoms with Crippen LogP contribution in [-0.2, 0) is 4.79 Å². The van der Waals surface area contributed by atoms with Crippen LogP contribution in [0.5, 0.6) is 5.75 Å². The highest BCUT2D eigenvalue weighted by atomic mass is 35.5. The lowest BCUT2D eigenvalue weighted by atomic mass is 9.81. The number of rotatable bonds is 5. The van der Waals surface area contributed by atoms with E-state index in [4.69, 9.17) is 5.73 Å². The van der Waals surface area contributed by atoms with E-state index in [2.05, 4.69) is 10.1 Å². The van der Waals surface area contributed by atoms with E-state index >= 15 is 0 Å². The predicted octanol–water partition coefficient (Wildman–Crippen LogP) is 3.55. The summed E-state index contributed by atoms with van der Waals surface area (Å²) in [6.45, 7) is -1.00. The standard InChI is InChI=1S/C16H22F2N2O2.ClH/c1-11(12-5-7-13(8-6-12)22-15(17)18)20-14(21)16(19)9-3-2-4-10-16;/h5-8,11,15H,2-4,9-10,19H2,1H3,(H,20,21);1H. The van der Waals surface area contributed by atoms with E-state index in [1.54, 1.807) is 12.1 Å². The van der Waals surface area contributed by atoms with Gasteiger partial charge in [0.05, 0.1) is 11.6 Å². The molecule has 1 aliphatic carbocycles. The maximum absolute atomic E-state index is 12.4. The minimum Gasteiger partial charge on any atom is -0.435 e. The Kier molecular flexibility index (Phi) is 7.22. The van der Waals surface area contributed by atoms with Crippen LogP contribution in [0, 0.1) is 0 Å². The molecule has 1 aliphatic rings. The summed E-state index contributed by atoms with van der Waals surface area (Å²) in [6, 6.07) is 6.00. The molecule has 130 valence electrons. The van der Waals surface area contributed by atoms with Gasteiger partial charge in [0.25, 0.3) is 0 Å². The quantitative estimate of drug-likeness (QED) is 0.855. The van der Waals surface area contributed by atoms with Crippen molar-refractivity contribution in [2.75, 3.05) is 0 Å². The Bertz CT molecular complexity index is 505. The van der Waals surface area contributed by atoms with Crippen molar-refractivity contribution in [2.45, 2.75) is 57.2 Å². The molecule has 1 fully saturated rings. The van der Waals surface area contributed by atoms with E-state index in [9.17, 15) is 13.6 Å². The second-order valence-electron chi connectivity index (χ2n) is 5.86. The molecule has 0 radical (unpaired) electrons. The molecular formula is C16H23ClF2N2O2. The SMILES string of the molecule is CC(NC(=O)C1(N)CCCCC1)c1ccc(OC(F)F)cc1.Cl. The van der Waals surface area contributed by atoms with Gasteiger partial charge in [0.15, 0.2) is 0 Å². The summed E-state index contributed by atoms with van der Waals surface area (Å²) in [4.78, 5) is 12.4. The first-order chi connectivity index (χ1) is 10.4. The van der Waals surface area contributed by atoms with Crippen LogP contribution < -0.4 is 15.8 Å². The van der Waals surface area contributed by atoms with Gasteiger partial charge in [-0.05, 0) is 37.5 Å². The van der Waals surface area contributed by atoms with Gasteiger partial charge in [0, 0.05) is 0 Å². The zero-order valence-corrected chi connectivity index (χ0v) is 13.9. The van der Waals surface area contributed by atoms with E-state index < -0.39 is 12.2 Å². The molecule has 1 aromatic rings. The minimum atomic E-state index is -2.84. The Morgan fingerprint density at radius 3 is 2.30 bits per heavy atom. The summed E-state index contributed by atoms with van der Waals surface area (Å²) in [5.41, 5.74) is 6.22. The van der Waals surface area contributed by atoms with Gasteiger partial charge in [-0.15, -0.1) is 12.4 Å². The Morgan fingerprint density at radius 2 is 1.78 bits per heavy atom. The van der Waals surface area contributed by atoms with E-state index in [0.717, 1.165) is 24.8 Å². The Balaban J connectivity index is 0.00000264. The normalized spacial score (nSPS) is 18.0. The third-order valence-corrected chi connectivity index (χ3v) is 4.15. The van der Waals surface area contributed by atoms with Crippen LogP contribution in [0.15, 0.2) is 24.3 Å². The summed E-state index contributed by atoms with van der Waals surface area (Å²) in [5.74, 6) is -0.0486. The number of carbonyl (C=O) groups is 1. The molecule has 3 N–H and O–H groups in total. The van der Waals surface area contributed by atoms with Crippen LogP contribution in [0.3, 0.4) is 0 Å². The van der Waals surface area contributed by atoms with Gasteiger partial charge in [-0.2, -0.15) is 8.78 Å². The van der Waals surface area contributed by atoms with Crippen LogP contribution in [0.1, 0.15) is 50.6 Å². The van der Waals surface area contributed by atoms with Crippen molar-refractivity contribution in [1.29, 1.82) is 0 Å². The van der Waals surface area contributed by atoms with Crippen molar-refractivity contribution in [3.8, 4) is 5.75 Å². The molecular weight excluding hydrogens is 326 g/mol. The summed E-state index contributed by atoms with van der Waals surface area (Å²) in [5, 5.41) is 2.91. The first-order valence-corrected chi connectivity index (χ1v) is 7.55. The van der Waals surface area contributed by atoms with Gasteiger partial charge >= 0.3 is 6.61 Å². The van der Waals surface area contributed by atoms with Crippen molar-refractivity contribution in [3.05, 3.63) is 29.8 Å². The van der Waals surface area contributed by atoms with Gasteiger partial charge in [0.1, 0.15) is 5.75 Å². The lowest BCUT2D eigenvalue weighted by molar-refractivity contribution is -0.128. The molecule has 1 saturated carbocycles. The fourth-order valence-electron chi connectivity index (χ4n) is 2.77. The van der Waals surface area contributed by atoms with E-state index in [1.165, 1.54) is 12.1 Å². The molecule has 7 heteroatoms. The predicted molar refractivity (Wildman–Crippen MR) is 86.9 cm³/mol. The maximum Gasteiger partial charge on any atom is 0.387 e. The number of amides is 1. The second kappa shape index (κ2) is 8.45. The van der Waals surface area contributed by atoms with Gasteiger partial charge in [0.2, 0.25) is 5.91 Å². The fraction of sp³-hybridized carbons (Fsp3) is 0.562. The molecule has 1 amide bonds. The van der Waals surface area contributed by atoms with Crippen molar-refractivity contribution in [2.24, 2.45) is 5.73 Å². The molecule has 0 saturated heterocycles. The molecule has 0 aromatic heterocycles. The van der Waals surface area contributed by atoms with E-state index in [0.29, 0.717) is 12.8 Å². The Hall–Kier alpha value is -1.40. The number of nitrogens with two attached hydrogens (primary N) is 1. The van der Waals surface area contributed by atoms with Crippen molar-refractivity contribution in [3.63, 3.8) is 0 Å². The molecule has 1 atom stereocenters. The number of nitrogens with one attached hydrogen (secondary N) is 1. The number of halogens is 3. The molecule has 2 rings (SSSR count). The number of ether oxygens (including phenoxy) is 1. The zero-order chi connectivity index (χ0) is 16.2. The number of alkyl halides is 2. The molecule has 23 heavy (non-hydrogen) atoms. The molecule has 0 bridgehead atoms. The highest BCUT2D eigenvalue weighted by Gasteiger charge is 2.35. The van der Waals surface area contributed by atoms with E-state index in [-0.39, 0.29) is 30.1 Å². The van der Waals surface area contributed by atoms with Crippen molar-refractivity contribution in [1.82, 2.24) is 5.32 Å². The number of hydrogen-bond acceptors (Lipinski definition) is 3. The molecule has 0 heterocycles. The number of carbonyl (C=O) groups excluding carboxylic acids is 1. The van der Waals surface area contributed by atoms with Crippen LogP contribution in [0.4, 0.5) is 8.78 Å². The fourth-order valence-corrected chi connectivity index (χ4v) is 2.77. The third kappa shape index (κ3) is 5.32. The average molecular weight is 349 g/mol. The minimum absolute atomic E-state index is 0. The third-order valence-electron chi connectivity index (χ3n) is 4.15.